The van der Waals surface area contributed by atoms with Crippen molar-refractivity contribution >= 4 is 40.8 Å². The van der Waals surface area contributed by atoms with Gasteiger partial charge in [0.1, 0.15) is 5.75 Å². The Bertz CT molecular complexity index is 722. The molecule has 0 radical (unpaired) electrons. The first kappa shape index (κ1) is 18.1. The average Bonchev–Trinajstić information content (AvgIpc) is 2.57. The Morgan fingerprint density at radius 3 is 2.46 bits per heavy atom. The quantitative estimate of drug-likeness (QED) is 0.785. The van der Waals surface area contributed by atoms with Crippen molar-refractivity contribution in [2.45, 2.75) is 13.0 Å². The van der Waals surface area contributed by atoms with E-state index in [4.69, 9.17) is 32.7 Å². The van der Waals surface area contributed by atoms with Crippen molar-refractivity contribution in [3.8, 4) is 5.75 Å². The third-order valence-electron chi connectivity index (χ3n) is 2.94. The first-order valence-corrected chi connectivity index (χ1v) is 7.84. The number of amides is 1. The lowest BCUT2D eigenvalue weighted by Gasteiger charge is -2.14. The SMILES string of the molecule is C[C@@H](Oc1ccccc1)C(=O)OCC(=O)Nc1ccc(Cl)c(Cl)c1. The largest absolute Gasteiger partial charge is 0.479 e. The number of carbonyl (C=O) groups excluding carboxylic acids is 2. The number of carbonyl (C=O) groups is 2. The normalized spacial score (nSPS) is 11.5. The molecular formula is C17H15Cl2NO4. The Balaban J connectivity index is 1.80. The van der Waals surface area contributed by atoms with Crippen LogP contribution in [-0.2, 0) is 14.3 Å². The molecule has 0 aromatic heterocycles. The van der Waals surface area contributed by atoms with Crippen LogP contribution in [0.5, 0.6) is 5.75 Å². The van der Waals surface area contributed by atoms with Gasteiger partial charge in [0.15, 0.2) is 12.7 Å². The third kappa shape index (κ3) is 5.44. The van der Waals surface area contributed by atoms with Crippen molar-refractivity contribution in [3.05, 3.63) is 58.6 Å². The molecule has 2 aromatic rings. The maximum Gasteiger partial charge on any atom is 0.347 e. The van der Waals surface area contributed by atoms with Crippen LogP contribution in [0.2, 0.25) is 10.0 Å². The van der Waals surface area contributed by atoms with Crippen molar-refractivity contribution in [2.75, 3.05) is 11.9 Å². The number of anilines is 1. The molecule has 1 atom stereocenters. The molecule has 2 rings (SSSR count). The second kappa shape index (κ2) is 8.57. The number of rotatable bonds is 6. The fourth-order valence-electron chi connectivity index (χ4n) is 1.78. The first-order chi connectivity index (χ1) is 11.5. The summed E-state index contributed by atoms with van der Waals surface area (Å²) in [5, 5.41) is 3.25. The van der Waals surface area contributed by atoms with Gasteiger partial charge in [-0.3, -0.25) is 4.79 Å². The molecule has 24 heavy (non-hydrogen) atoms. The summed E-state index contributed by atoms with van der Waals surface area (Å²) in [6.45, 7) is 1.12. The molecule has 1 amide bonds. The van der Waals surface area contributed by atoms with Crippen molar-refractivity contribution in [3.63, 3.8) is 0 Å². The lowest BCUT2D eigenvalue weighted by Crippen LogP contribution is -2.29. The first-order valence-electron chi connectivity index (χ1n) is 7.09. The van der Waals surface area contributed by atoms with Crippen molar-refractivity contribution in [1.29, 1.82) is 0 Å². The molecule has 2 aromatic carbocycles. The van der Waals surface area contributed by atoms with E-state index in [0.717, 1.165) is 0 Å². The fraction of sp³-hybridized carbons (Fsp3) is 0.176. The zero-order chi connectivity index (χ0) is 17.5. The van der Waals surface area contributed by atoms with E-state index >= 15 is 0 Å². The molecule has 7 heteroatoms. The van der Waals surface area contributed by atoms with Gasteiger partial charge in [-0.2, -0.15) is 0 Å². The van der Waals surface area contributed by atoms with E-state index in [0.29, 0.717) is 21.5 Å². The molecule has 0 bridgehead atoms. The zero-order valence-corrected chi connectivity index (χ0v) is 14.3. The van der Waals surface area contributed by atoms with Crippen LogP contribution >= 0.6 is 23.2 Å². The summed E-state index contributed by atoms with van der Waals surface area (Å²) in [6, 6.07) is 13.5. The van der Waals surface area contributed by atoms with Crippen LogP contribution in [0.15, 0.2) is 48.5 Å². The molecule has 0 fully saturated rings. The minimum Gasteiger partial charge on any atom is -0.479 e. The Labute approximate surface area is 149 Å². The highest BCUT2D eigenvalue weighted by atomic mass is 35.5. The summed E-state index contributed by atoms with van der Waals surface area (Å²) >= 11 is 11.7. The molecule has 0 saturated heterocycles. The molecule has 0 aliphatic rings. The van der Waals surface area contributed by atoms with Gasteiger partial charge in [-0.15, -0.1) is 0 Å². The number of benzene rings is 2. The number of halogens is 2. The van der Waals surface area contributed by atoms with Crippen LogP contribution in [0.4, 0.5) is 5.69 Å². The number of nitrogens with one attached hydrogen (secondary N) is 1. The van der Waals surface area contributed by atoms with E-state index in [1.165, 1.54) is 6.07 Å². The number of hydrogen-bond acceptors (Lipinski definition) is 4. The van der Waals surface area contributed by atoms with Gasteiger partial charge in [-0.05, 0) is 37.3 Å². The van der Waals surface area contributed by atoms with E-state index in [-0.39, 0.29) is 0 Å². The zero-order valence-electron chi connectivity index (χ0n) is 12.8. The van der Waals surface area contributed by atoms with Crippen LogP contribution in [-0.4, -0.2) is 24.6 Å². The van der Waals surface area contributed by atoms with E-state index in [9.17, 15) is 9.59 Å². The predicted molar refractivity (Wildman–Crippen MR) is 92.6 cm³/mol. The highest BCUT2D eigenvalue weighted by Gasteiger charge is 2.17. The summed E-state index contributed by atoms with van der Waals surface area (Å²) in [4.78, 5) is 23.6. The van der Waals surface area contributed by atoms with Crippen molar-refractivity contribution < 1.29 is 19.1 Å². The lowest BCUT2D eigenvalue weighted by atomic mass is 10.3. The van der Waals surface area contributed by atoms with Gasteiger partial charge in [-0.25, -0.2) is 4.79 Å². The second-order valence-corrected chi connectivity index (χ2v) is 5.67. The van der Waals surface area contributed by atoms with Crippen LogP contribution in [0.3, 0.4) is 0 Å². The van der Waals surface area contributed by atoms with Crippen molar-refractivity contribution in [1.82, 2.24) is 0 Å². The highest BCUT2D eigenvalue weighted by Crippen LogP contribution is 2.24. The van der Waals surface area contributed by atoms with E-state index in [1.54, 1.807) is 43.3 Å². The van der Waals surface area contributed by atoms with Gasteiger partial charge in [0.25, 0.3) is 5.91 Å². The third-order valence-corrected chi connectivity index (χ3v) is 3.68. The molecular weight excluding hydrogens is 353 g/mol. The minimum atomic E-state index is -0.829. The number of esters is 1. The van der Waals surface area contributed by atoms with E-state index in [1.807, 2.05) is 6.07 Å². The van der Waals surface area contributed by atoms with E-state index in [2.05, 4.69) is 5.32 Å². The Hall–Kier alpha value is -2.24. The Morgan fingerprint density at radius 2 is 1.79 bits per heavy atom. The molecule has 0 unspecified atom stereocenters. The second-order valence-electron chi connectivity index (χ2n) is 4.86. The fourth-order valence-corrected chi connectivity index (χ4v) is 2.07. The van der Waals surface area contributed by atoms with Gasteiger partial charge >= 0.3 is 5.97 Å². The van der Waals surface area contributed by atoms with Gasteiger partial charge in [0.2, 0.25) is 0 Å². The van der Waals surface area contributed by atoms with Crippen LogP contribution in [0.25, 0.3) is 0 Å². The molecule has 126 valence electrons. The summed E-state index contributed by atoms with van der Waals surface area (Å²) in [7, 11) is 0. The molecule has 0 aliphatic carbocycles. The monoisotopic (exact) mass is 367 g/mol. The van der Waals surface area contributed by atoms with Crippen molar-refractivity contribution in [2.24, 2.45) is 0 Å². The lowest BCUT2D eigenvalue weighted by molar-refractivity contribution is -0.153. The Kier molecular flexibility index (Phi) is 6.46. The van der Waals surface area contributed by atoms with Gasteiger partial charge < -0.3 is 14.8 Å². The molecule has 5 nitrogen and oxygen atoms in total. The van der Waals surface area contributed by atoms with Gasteiger partial charge in [-0.1, -0.05) is 41.4 Å². The van der Waals surface area contributed by atoms with Crippen LogP contribution in [0.1, 0.15) is 6.92 Å². The highest BCUT2D eigenvalue weighted by molar-refractivity contribution is 6.42. The summed E-state index contributed by atoms with van der Waals surface area (Å²) in [5.41, 5.74) is 0.457. The standard InChI is InChI=1S/C17H15Cl2NO4/c1-11(24-13-5-3-2-4-6-13)17(22)23-10-16(21)20-12-7-8-14(18)15(19)9-12/h2-9,11H,10H2,1H3,(H,20,21)/t11-/m1/s1. The van der Waals surface area contributed by atoms with Gasteiger partial charge in [0.05, 0.1) is 10.0 Å². The molecule has 0 heterocycles. The number of para-hydroxylation sites is 1. The smallest absolute Gasteiger partial charge is 0.347 e. The molecule has 1 N–H and O–H groups in total. The summed E-state index contributed by atoms with van der Waals surface area (Å²) in [5.74, 6) is -0.584. The van der Waals surface area contributed by atoms with E-state index < -0.39 is 24.6 Å². The molecule has 0 saturated carbocycles. The average molecular weight is 368 g/mol. The maximum atomic E-state index is 11.8. The topological polar surface area (TPSA) is 64.6 Å². The van der Waals surface area contributed by atoms with Crippen LogP contribution < -0.4 is 10.1 Å². The molecule has 0 aliphatic heterocycles. The summed E-state index contributed by atoms with van der Waals surface area (Å²) in [6.07, 6.45) is -0.829. The number of hydrogen-bond donors (Lipinski definition) is 1. The maximum absolute atomic E-state index is 11.8. The summed E-state index contributed by atoms with van der Waals surface area (Å²) < 4.78 is 10.3. The predicted octanol–water partition coefficient (Wildman–Crippen LogP) is 3.94. The van der Waals surface area contributed by atoms with Gasteiger partial charge in [0, 0.05) is 5.69 Å². The Morgan fingerprint density at radius 1 is 1.08 bits per heavy atom. The van der Waals surface area contributed by atoms with Crippen LogP contribution in [0, 0.1) is 0 Å². The molecule has 0 spiro atoms. The minimum absolute atomic E-state index is 0.316. The number of ether oxygens (including phenoxy) is 2.